The molecule has 162 valence electrons. The quantitative estimate of drug-likeness (QED) is 0.345. The lowest BCUT2D eigenvalue weighted by molar-refractivity contribution is -0.00285. The molecule has 2 nitrogen and oxygen atoms in total. The Kier molecular flexibility index (Phi) is 8.42. The lowest BCUT2D eigenvalue weighted by atomic mass is 9.78. The Morgan fingerprint density at radius 3 is 1.93 bits per heavy atom. The van der Waals surface area contributed by atoms with Crippen LogP contribution in [0.3, 0.4) is 0 Å². The fourth-order valence-corrected chi connectivity index (χ4v) is 5.21. The maximum absolute atomic E-state index is 2.69. The van der Waals surface area contributed by atoms with Crippen molar-refractivity contribution >= 4 is 0 Å². The van der Waals surface area contributed by atoms with Crippen molar-refractivity contribution in [2.24, 2.45) is 0 Å². The van der Waals surface area contributed by atoms with Crippen LogP contribution in [0.5, 0.6) is 0 Å². The smallest absolute Gasteiger partial charge is 0.123 e. The van der Waals surface area contributed by atoms with Crippen LogP contribution in [0.25, 0.3) is 0 Å². The first-order chi connectivity index (χ1) is 14.8. The first-order valence-electron chi connectivity index (χ1n) is 12.1. The van der Waals surface area contributed by atoms with Gasteiger partial charge in [-0.15, -0.1) is 0 Å². The minimum atomic E-state index is -0.0420. The fraction of sp³-hybridized carbons (Fsp3) is 0.500. The minimum Gasteiger partial charge on any atom is -0.353 e. The molecule has 1 heterocycles. The fourth-order valence-electron chi connectivity index (χ4n) is 5.21. The predicted octanol–water partition coefficient (Wildman–Crippen LogP) is 7.20. The van der Waals surface area contributed by atoms with E-state index < -0.39 is 0 Å². The summed E-state index contributed by atoms with van der Waals surface area (Å²) in [5.41, 5.74) is 2.84. The zero-order chi connectivity index (χ0) is 21.2. The Balaban J connectivity index is 2.02. The molecule has 2 atom stereocenters. The molecule has 0 spiro atoms. The van der Waals surface area contributed by atoms with Crippen LogP contribution in [-0.2, 0) is 6.42 Å². The molecule has 0 bridgehead atoms. The lowest BCUT2D eigenvalue weighted by Gasteiger charge is -2.51. The summed E-state index contributed by atoms with van der Waals surface area (Å²) < 4.78 is 0. The van der Waals surface area contributed by atoms with Crippen LogP contribution in [-0.4, -0.2) is 28.6 Å². The normalized spacial score (nSPS) is 19.4. The zero-order valence-electron chi connectivity index (χ0n) is 19.3. The number of rotatable bonds is 12. The average molecular weight is 405 g/mol. The van der Waals surface area contributed by atoms with Crippen molar-refractivity contribution in [2.75, 3.05) is 13.1 Å². The third-order valence-electron chi connectivity index (χ3n) is 6.61. The second kappa shape index (κ2) is 11.2. The van der Waals surface area contributed by atoms with Gasteiger partial charge in [0, 0.05) is 37.8 Å². The maximum Gasteiger partial charge on any atom is 0.123 e. The van der Waals surface area contributed by atoms with Crippen molar-refractivity contribution in [1.82, 2.24) is 9.80 Å². The van der Waals surface area contributed by atoms with Crippen LogP contribution in [0.1, 0.15) is 76.3 Å². The molecule has 2 aromatic carbocycles. The van der Waals surface area contributed by atoms with E-state index in [1.165, 1.54) is 36.8 Å². The van der Waals surface area contributed by atoms with Gasteiger partial charge in [-0.05, 0) is 30.4 Å². The number of hydrogen-bond donors (Lipinski definition) is 0. The van der Waals surface area contributed by atoms with E-state index in [1.54, 1.807) is 0 Å². The average Bonchev–Trinajstić information content (AvgIpc) is 3.11. The molecule has 0 fully saturated rings. The third-order valence-corrected chi connectivity index (χ3v) is 6.61. The zero-order valence-corrected chi connectivity index (χ0v) is 19.3. The van der Waals surface area contributed by atoms with Gasteiger partial charge in [0.1, 0.15) is 5.66 Å². The molecule has 3 rings (SSSR count). The highest BCUT2D eigenvalue weighted by Gasteiger charge is 2.48. The monoisotopic (exact) mass is 404 g/mol. The van der Waals surface area contributed by atoms with E-state index >= 15 is 0 Å². The van der Waals surface area contributed by atoms with Gasteiger partial charge in [-0.2, -0.15) is 0 Å². The summed E-state index contributed by atoms with van der Waals surface area (Å²) in [5.74, 6) is 0.451. The van der Waals surface area contributed by atoms with Gasteiger partial charge >= 0.3 is 0 Å². The summed E-state index contributed by atoms with van der Waals surface area (Å²) in [6.07, 6.45) is 13.3. The van der Waals surface area contributed by atoms with Crippen LogP contribution in [0.15, 0.2) is 73.1 Å². The molecule has 2 aromatic rings. The van der Waals surface area contributed by atoms with Crippen LogP contribution in [0, 0.1) is 0 Å². The number of nitrogens with zero attached hydrogens (tertiary/aromatic N) is 2. The lowest BCUT2D eigenvalue weighted by Crippen LogP contribution is -2.59. The highest BCUT2D eigenvalue weighted by atomic mass is 15.4. The van der Waals surface area contributed by atoms with E-state index in [9.17, 15) is 0 Å². The molecule has 1 aliphatic rings. The van der Waals surface area contributed by atoms with Gasteiger partial charge in [0.25, 0.3) is 0 Å². The second-order valence-electron chi connectivity index (χ2n) is 8.66. The Morgan fingerprint density at radius 2 is 1.33 bits per heavy atom. The van der Waals surface area contributed by atoms with E-state index in [2.05, 4.69) is 104 Å². The Labute approximate surface area is 184 Å². The van der Waals surface area contributed by atoms with Crippen molar-refractivity contribution in [3.8, 4) is 0 Å². The number of benzene rings is 2. The summed E-state index contributed by atoms with van der Waals surface area (Å²) in [4.78, 5) is 5.34. The van der Waals surface area contributed by atoms with E-state index in [4.69, 9.17) is 0 Å². The van der Waals surface area contributed by atoms with E-state index in [1.807, 2.05) is 0 Å². The van der Waals surface area contributed by atoms with Crippen LogP contribution in [0.4, 0.5) is 0 Å². The van der Waals surface area contributed by atoms with Gasteiger partial charge in [0.05, 0.1) is 0 Å². The molecule has 0 aromatic heterocycles. The standard InChI is InChI=1S/C28H40N2/c1-4-7-8-15-21-30-23-22-29(20-5-2)28(30,24-25-16-11-9-12-17-25)27(6-3)26-18-13-10-14-19-26/h9-14,16-19,22-23,27H,4-8,15,20-21,24H2,1-3H3. The summed E-state index contributed by atoms with van der Waals surface area (Å²) in [7, 11) is 0. The largest absolute Gasteiger partial charge is 0.353 e. The molecule has 2 unspecified atom stereocenters. The first kappa shape index (κ1) is 22.5. The molecule has 0 radical (unpaired) electrons. The highest BCUT2D eigenvalue weighted by molar-refractivity contribution is 5.30. The summed E-state index contributed by atoms with van der Waals surface area (Å²) in [5, 5.41) is 0. The van der Waals surface area contributed by atoms with Gasteiger partial charge in [0.2, 0.25) is 0 Å². The summed E-state index contributed by atoms with van der Waals surface area (Å²) >= 11 is 0. The van der Waals surface area contributed by atoms with Gasteiger partial charge < -0.3 is 9.80 Å². The maximum atomic E-state index is 2.69. The van der Waals surface area contributed by atoms with Crippen molar-refractivity contribution < 1.29 is 0 Å². The molecular formula is C28H40N2. The molecule has 0 saturated carbocycles. The van der Waals surface area contributed by atoms with E-state index in [0.29, 0.717) is 5.92 Å². The Hall–Kier alpha value is -2.22. The van der Waals surface area contributed by atoms with Gasteiger partial charge in [-0.3, -0.25) is 0 Å². The minimum absolute atomic E-state index is 0.0420. The molecule has 1 aliphatic heterocycles. The molecule has 2 heteroatoms. The van der Waals surface area contributed by atoms with Crippen LogP contribution in [0.2, 0.25) is 0 Å². The van der Waals surface area contributed by atoms with Crippen molar-refractivity contribution in [3.05, 3.63) is 84.2 Å². The van der Waals surface area contributed by atoms with Crippen molar-refractivity contribution in [3.63, 3.8) is 0 Å². The van der Waals surface area contributed by atoms with Crippen LogP contribution < -0.4 is 0 Å². The Morgan fingerprint density at radius 1 is 0.700 bits per heavy atom. The molecule has 0 saturated heterocycles. The second-order valence-corrected chi connectivity index (χ2v) is 8.66. The number of hydrogen-bond acceptors (Lipinski definition) is 2. The van der Waals surface area contributed by atoms with Gasteiger partial charge in [0.15, 0.2) is 0 Å². The van der Waals surface area contributed by atoms with Gasteiger partial charge in [-0.25, -0.2) is 0 Å². The van der Waals surface area contributed by atoms with Crippen molar-refractivity contribution in [2.45, 2.75) is 77.3 Å². The summed E-state index contributed by atoms with van der Waals surface area (Å²) in [6.45, 7) is 9.18. The first-order valence-corrected chi connectivity index (χ1v) is 12.1. The SMILES string of the molecule is CCCCCCN1C=CN(CCC)C1(Cc1ccccc1)C(CC)c1ccccc1. The molecule has 0 N–H and O–H groups in total. The Bertz CT molecular complexity index is 755. The topological polar surface area (TPSA) is 6.48 Å². The van der Waals surface area contributed by atoms with E-state index in [-0.39, 0.29) is 5.66 Å². The highest BCUT2D eigenvalue weighted by Crippen LogP contribution is 2.45. The molecule has 0 aliphatic carbocycles. The third kappa shape index (κ3) is 4.91. The molecule has 0 amide bonds. The van der Waals surface area contributed by atoms with Crippen molar-refractivity contribution in [1.29, 1.82) is 0 Å². The number of unbranched alkanes of at least 4 members (excludes halogenated alkanes) is 3. The summed E-state index contributed by atoms with van der Waals surface area (Å²) in [6, 6.07) is 22.3. The van der Waals surface area contributed by atoms with E-state index in [0.717, 1.165) is 32.4 Å². The van der Waals surface area contributed by atoms with Gasteiger partial charge in [-0.1, -0.05) is 101 Å². The predicted molar refractivity (Wildman–Crippen MR) is 129 cm³/mol. The molecule has 30 heavy (non-hydrogen) atoms. The van der Waals surface area contributed by atoms with Crippen LogP contribution >= 0.6 is 0 Å². The molecular weight excluding hydrogens is 364 g/mol.